The van der Waals surface area contributed by atoms with Crippen LogP contribution in [-0.2, 0) is 4.79 Å². The number of anilines is 2. The Balaban J connectivity index is 1.35. The number of hydrogen-bond acceptors (Lipinski definition) is 5. The predicted octanol–water partition coefficient (Wildman–Crippen LogP) is 3.16. The number of carbonyl (C=O) groups excluding carboxylic acids is 1. The Hall–Kier alpha value is -3.62. The van der Waals surface area contributed by atoms with E-state index in [0.717, 1.165) is 36.6 Å². The summed E-state index contributed by atoms with van der Waals surface area (Å²) in [6.45, 7) is 1.72. The third-order valence-corrected chi connectivity index (χ3v) is 5.70. The van der Waals surface area contributed by atoms with Crippen molar-refractivity contribution in [3.8, 4) is 0 Å². The normalized spacial score (nSPS) is 15.6. The zero-order valence-corrected chi connectivity index (χ0v) is 16.6. The van der Waals surface area contributed by atoms with Gasteiger partial charge in [0.1, 0.15) is 11.4 Å². The smallest absolute Gasteiger partial charge is 0.263 e. The van der Waals surface area contributed by atoms with Gasteiger partial charge in [-0.25, -0.2) is 4.68 Å². The van der Waals surface area contributed by atoms with E-state index in [0.29, 0.717) is 16.7 Å². The lowest BCUT2D eigenvalue weighted by atomic mass is 10.2. The molecule has 5 rings (SSSR count). The standard InChI is InChI=1S/C21H23N7O2/c1-12(19(29)25-14-6-7-17-13(10-14)8-9-22-17)24-21-26-18-16(20(30)27-21)11-23-28(18)15-4-2-3-5-15/h6-12,15,22H,2-5H2,1H3,(H,25,29)(H2,24,26,27,30)/t12-/m1/s1. The maximum Gasteiger partial charge on any atom is 0.263 e. The Morgan fingerprint density at radius 3 is 2.93 bits per heavy atom. The van der Waals surface area contributed by atoms with Crippen molar-refractivity contribution in [1.82, 2.24) is 24.7 Å². The lowest BCUT2D eigenvalue weighted by molar-refractivity contribution is -0.116. The molecule has 0 saturated heterocycles. The molecule has 1 fully saturated rings. The van der Waals surface area contributed by atoms with Gasteiger partial charge in [0.25, 0.3) is 5.56 Å². The summed E-state index contributed by atoms with van der Waals surface area (Å²) in [5.41, 5.74) is 2.00. The van der Waals surface area contributed by atoms with Crippen molar-refractivity contribution in [1.29, 1.82) is 0 Å². The molecule has 0 radical (unpaired) electrons. The summed E-state index contributed by atoms with van der Waals surface area (Å²) >= 11 is 0. The molecule has 1 aliphatic carbocycles. The summed E-state index contributed by atoms with van der Waals surface area (Å²) in [7, 11) is 0. The van der Waals surface area contributed by atoms with Crippen LogP contribution in [0.5, 0.6) is 0 Å². The van der Waals surface area contributed by atoms with Gasteiger partial charge in [-0.1, -0.05) is 12.8 Å². The molecule has 3 heterocycles. The molecule has 9 heteroatoms. The number of H-pyrrole nitrogens is 2. The summed E-state index contributed by atoms with van der Waals surface area (Å²) in [5, 5.41) is 11.8. The molecule has 1 atom stereocenters. The van der Waals surface area contributed by atoms with Crippen LogP contribution in [0.25, 0.3) is 21.9 Å². The average molecular weight is 405 g/mol. The van der Waals surface area contributed by atoms with Crippen molar-refractivity contribution >= 4 is 39.5 Å². The van der Waals surface area contributed by atoms with Crippen LogP contribution in [-0.4, -0.2) is 36.7 Å². The van der Waals surface area contributed by atoms with E-state index in [1.165, 1.54) is 0 Å². The molecule has 4 aromatic rings. The average Bonchev–Trinajstić information content (AvgIpc) is 3.47. The minimum atomic E-state index is -0.602. The fourth-order valence-electron chi connectivity index (χ4n) is 4.07. The molecule has 1 amide bonds. The SMILES string of the molecule is C[C@@H](Nc1nc2c(cnn2C2CCCC2)c(=O)[nH]1)C(=O)Nc1ccc2[nH]ccc2c1. The first-order valence-electron chi connectivity index (χ1n) is 10.2. The first-order valence-corrected chi connectivity index (χ1v) is 10.2. The van der Waals surface area contributed by atoms with Crippen molar-refractivity contribution in [2.45, 2.75) is 44.7 Å². The highest BCUT2D eigenvalue weighted by atomic mass is 16.2. The molecule has 4 N–H and O–H groups in total. The molecule has 1 aromatic carbocycles. The molecule has 30 heavy (non-hydrogen) atoms. The van der Waals surface area contributed by atoms with E-state index >= 15 is 0 Å². The van der Waals surface area contributed by atoms with Gasteiger partial charge >= 0.3 is 0 Å². The molecule has 154 valence electrons. The van der Waals surface area contributed by atoms with Gasteiger partial charge in [-0.3, -0.25) is 14.6 Å². The number of amides is 1. The van der Waals surface area contributed by atoms with E-state index in [2.05, 4.69) is 30.7 Å². The molecule has 0 bridgehead atoms. The Kier molecular flexibility index (Phi) is 4.50. The Labute approximate surface area is 171 Å². The minimum Gasteiger partial charge on any atom is -0.361 e. The van der Waals surface area contributed by atoms with Gasteiger partial charge in [-0.2, -0.15) is 10.1 Å². The van der Waals surface area contributed by atoms with Crippen molar-refractivity contribution < 1.29 is 4.79 Å². The Morgan fingerprint density at radius 2 is 2.10 bits per heavy atom. The van der Waals surface area contributed by atoms with Crippen LogP contribution in [0.2, 0.25) is 0 Å². The van der Waals surface area contributed by atoms with Crippen LogP contribution in [0.3, 0.4) is 0 Å². The zero-order chi connectivity index (χ0) is 20.7. The first kappa shape index (κ1) is 18.4. The predicted molar refractivity (Wildman–Crippen MR) is 116 cm³/mol. The van der Waals surface area contributed by atoms with Gasteiger partial charge in [0.2, 0.25) is 11.9 Å². The van der Waals surface area contributed by atoms with Crippen LogP contribution in [0, 0.1) is 0 Å². The molecular formula is C21H23N7O2. The molecule has 9 nitrogen and oxygen atoms in total. The van der Waals surface area contributed by atoms with Gasteiger partial charge in [-0.15, -0.1) is 0 Å². The number of benzene rings is 1. The Morgan fingerprint density at radius 1 is 1.27 bits per heavy atom. The van der Waals surface area contributed by atoms with Gasteiger partial charge in [0.05, 0.1) is 12.2 Å². The topological polar surface area (TPSA) is 120 Å². The second-order valence-corrected chi connectivity index (χ2v) is 7.81. The maximum absolute atomic E-state index is 12.6. The van der Waals surface area contributed by atoms with Crippen molar-refractivity contribution in [2.24, 2.45) is 0 Å². The van der Waals surface area contributed by atoms with E-state index in [-0.39, 0.29) is 23.5 Å². The number of aromatic amines is 2. The van der Waals surface area contributed by atoms with Gasteiger partial charge in [0, 0.05) is 22.8 Å². The number of aromatic nitrogens is 5. The summed E-state index contributed by atoms with van der Waals surface area (Å²) in [6.07, 6.45) is 7.82. The number of carbonyl (C=O) groups is 1. The molecule has 1 aliphatic rings. The third-order valence-electron chi connectivity index (χ3n) is 5.70. The fraction of sp³-hybridized carbons (Fsp3) is 0.333. The summed E-state index contributed by atoms with van der Waals surface area (Å²) in [6, 6.07) is 7.28. The summed E-state index contributed by atoms with van der Waals surface area (Å²) in [5.74, 6) is 0.0351. The second-order valence-electron chi connectivity index (χ2n) is 7.81. The van der Waals surface area contributed by atoms with Crippen molar-refractivity contribution in [3.63, 3.8) is 0 Å². The van der Waals surface area contributed by atoms with E-state index in [9.17, 15) is 9.59 Å². The van der Waals surface area contributed by atoms with Crippen LogP contribution in [0.15, 0.2) is 41.5 Å². The minimum absolute atomic E-state index is 0.225. The van der Waals surface area contributed by atoms with Crippen LogP contribution in [0.1, 0.15) is 38.6 Å². The summed E-state index contributed by atoms with van der Waals surface area (Å²) in [4.78, 5) is 35.5. The highest BCUT2D eigenvalue weighted by Gasteiger charge is 2.22. The molecule has 0 unspecified atom stereocenters. The van der Waals surface area contributed by atoms with E-state index in [4.69, 9.17) is 0 Å². The van der Waals surface area contributed by atoms with Crippen LogP contribution >= 0.6 is 0 Å². The molecule has 1 saturated carbocycles. The monoisotopic (exact) mass is 405 g/mol. The molecular weight excluding hydrogens is 382 g/mol. The molecule has 0 spiro atoms. The summed E-state index contributed by atoms with van der Waals surface area (Å²) < 4.78 is 1.85. The number of nitrogens with zero attached hydrogens (tertiary/aromatic N) is 3. The maximum atomic E-state index is 12.6. The van der Waals surface area contributed by atoms with Gasteiger partial charge < -0.3 is 15.6 Å². The van der Waals surface area contributed by atoms with Crippen molar-refractivity contribution in [2.75, 3.05) is 10.6 Å². The van der Waals surface area contributed by atoms with Gasteiger partial charge in [0.15, 0.2) is 5.65 Å². The lowest BCUT2D eigenvalue weighted by Crippen LogP contribution is -2.33. The quantitative estimate of drug-likeness (QED) is 0.406. The number of rotatable bonds is 5. The highest BCUT2D eigenvalue weighted by Crippen LogP contribution is 2.30. The number of nitrogens with one attached hydrogen (secondary N) is 4. The Bertz CT molecular complexity index is 1280. The number of hydrogen-bond donors (Lipinski definition) is 4. The van der Waals surface area contributed by atoms with E-state index < -0.39 is 6.04 Å². The molecule has 3 aromatic heterocycles. The third kappa shape index (κ3) is 3.32. The zero-order valence-electron chi connectivity index (χ0n) is 16.6. The highest BCUT2D eigenvalue weighted by molar-refractivity contribution is 5.97. The van der Waals surface area contributed by atoms with E-state index in [1.54, 1.807) is 13.1 Å². The lowest BCUT2D eigenvalue weighted by Gasteiger charge is -2.15. The van der Waals surface area contributed by atoms with E-state index in [1.807, 2.05) is 35.1 Å². The fourth-order valence-corrected chi connectivity index (χ4v) is 4.07. The van der Waals surface area contributed by atoms with Crippen LogP contribution in [0.4, 0.5) is 11.6 Å². The largest absolute Gasteiger partial charge is 0.361 e. The first-order chi connectivity index (χ1) is 14.6. The van der Waals surface area contributed by atoms with Crippen LogP contribution < -0.4 is 16.2 Å². The second kappa shape index (κ2) is 7.33. The number of fused-ring (bicyclic) bond motifs is 2. The van der Waals surface area contributed by atoms with Gasteiger partial charge in [-0.05, 0) is 44.0 Å². The van der Waals surface area contributed by atoms with Crippen molar-refractivity contribution in [3.05, 3.63) is 47.0 Å². The molecule has 0 aliphatic heterocycles.